The molecule has 2 aliphatic heterocycles. The predicted molar refractivity (Wildman–Crippen MR) is 63.7 cm³/mol. The lowest BCUT2D eigenvalue weighted by molar-refractivity contribution is -0.145. The normalized spacial score (nSPS) is 34.9. The highest BCUT2D eigenvalue weighted by Crippen LogP contribution is 2.47. The van der Waals surface area contributed by atoms with E-state index in [2.05, 4.69) is 6.58 Å². The van der Waals surface area contributed by atoms with E-state index in [1.54, 1.807) is 6.08 Å². The summed E-state index contributed by atoms with van der Waals surface area (Å²) in [6, 6.07) is 0. The largest absolute Gasteiger partial charge is 0.440 e. The number of rotatable bonds is 2. The van der Waals surface area contributed by atoms with Crippen molar-refractivity contribution in [2.24, 2.45) is 0 Å². The van der Waals surface area contributed by atoms with Crippen LogP contribution in [0, 0.1) is 0 Å². The van der Waals surface area contributed by atoms with Gasteiger partial charge in [-0.25, -0.2) is 9.69 Å². The lowest BCUT2D eigenvalue weighted by Gasteiger charge is -2.31. The van der Waals surface area contributed by atoms with Crippen molar-refractivity contribution in [3.8, 4) is 0 Å². The molecule has 2 rings (SSSR count). The predicted octanol–water partition coefficient (Wildman–Crippen LogP) is 2.65. The smallest absolute Gasteiger partial charge is 0.328 e. The molecule has 2 aliphatic rings. The molecule has 2 heterocycles. The van der Waals surface area contributed by atoms with Gasteiger partial charge in [-0.3, -0.25) is 0 Å². The summed E-state index contributed by atoms with van der Waals surface area (Å²) in [4.78, 5) is 13.8. The zero-order valence-electron chi connectivity index (χ0n) is 8.59. The molecule has 0 saturated carbocycles. The van der Waals surface area contributed by atoms with Crippen LogP contribution < -0.4 is 0 Å². The SMILES string of the molecule is C=CCC12CCCN1C(C(Cl)(Cl)Cl)OC2=O. The average molecular weight is 285 g/mol. The van der Waals surface area contributed by atoms with E-state index >= 15 is 0 Å². The van der Waals surface area contributed by atoms with Crippen molar-refractivity contribution in [3.63, 3.8) is 0 Å². The Morgan fingerprint density at radius 2 is 2.31 bits per heavy atom. The lowest BCUT2D eigenvalue weighted by atomic mass is 9.93. The van der Waals surface area contributed by atoms with Crippen molar-refractivity contribution in [3.05, 3.63) is 12.7 Å². The molecular weight excluding hydrogens is 272 g/mol. The van der Waals surface area contributed by atoms with E-state index in [0.29, 0.717) is 13.0 Å². The van der Waals surface area contributed by atoms with Crippen LogP contribution in [-0.4, -0.2) is 33.0 Å². The van der Waals surface area contributed by atoms with Gasteiger partial charge in [0.05, 0.1) is 0 Å². The molecule has 0 aliphatic carbocycles. The van der Waals surface area contributed by atoms with Gasteiger partial charge < -0.3 is 4.74 Å². The van der Waals surface area contributed by atoms with Crippen LogP contribution in [0.15, 0.2) is 12.7 Å². The minimum Gasteiger partial charge on any atom is -0.440 e. The molecule has 2 unspecified atom stereocenters. The second kappa shape index (κ2) is 4.05. The van der Waals surface area contributed by atoms with Gasteiger partial charge in [-0.15, -0.1) is 6.58 Å². The van der Waals surface area contributed by atoms with Crippen molar-refractivity contribution in [2.75, 3.05) is 6.54 Å². The van der Waals surface area contributed by atoms with Crippen LogP contribution in [0.2, 0.25) is 0 Å². The van der Waals surface area contributed by atoms with Gasteiger partial charge in [0.1, 0.15) is 5.54 Å². The molecular formula is C10H12Cl3NO2. The average Bonchev–Trinajstić information content (AvgIpc) is 2.66. The highest BCUT2D eigenvalue weighted by Gasteiger charge is 2.61. The fourth-order valence-corrected chi connectivity index (χ4v) is 3.01. The van der Waals surface area contributed by atoms with Crippen LogP contribution in [0.5, 0.6) is 0 Å². The molecule has 0 amide bonds. The molecule has 0 spiro atoms. The minimum absolute atomic E-state index is 0.304. The summed E-state index contributed by atoms with van der Waals surface area (Å²) in [5.41, 5.74) is -0.656. The summed E-state index contributed by atoms with van der Waals surface area (Å²) in [5, 5.41) is 0. The van der Waals surface area contributed by atoms with E-state index in [1.165, 1.54) is 0 Å². The van der Waals surface area contributed by atoms with E-state index in [1.807, 2.05) is 4.90 Å². The Hall–Kier alpha value is 0.0400. The fraction of sp³-hybridized carbons (Fsp3) is 0.700. The second-order valence-corrected chi connectivity index (χ2v) is 6.49. The Balaban J connectivity index is 2.32. The second-order valence-electron chi connectivity index (χ2n) is 4.12. The van der Waals surface area contributed by atoms with Crippen LogP contribution in [-0.2, 0) is 9.53 Å². The molecule has 6 heteroatoms. The Bertz CT molecular complexity index is 329. The summed E-state index contributed by atoms with van der Waals surface area (Å²) >= 11 is 17.5. The number of alkyl halides is 3. The highest BCUT2D eigenvalue weighted by molar-refractivity contribution is 6.68. The topological polar surface area (TPSA) is 29.5 Å². The van der Waals surface area contributed by atoms with Gasteiger partial charge in [-0.05, 0) is 19.3 Å². The maximum Gasteiger partial charge on any atom is 0.328 e. The Morgan fingerprint density at radius 1 is 1.62 bits per heavy atom. The maximum absolute atomic E-state index is 11.9. The first-order valence-corrected chi connectivity index (χ1v) is 6.21. The van der Waals surface area contributed by atoms with Gasteiger partial charge in [-0.1, -0.05) is 40.9 Å². The van der Waals surface area contributed by atoms with Gasteiger partial charge >= 0.3 is 5.97 Å². The highest BCUT2D eigenvalue weighted by atomic mass is 35.6. The molecule has 16 heavy (non-hydrogen) atoms. The Kier molecular flexibility index (Phi) is 3.17. The number of cyclic esters (lactones) is 1. The van der Waals surface area contributed by atoms with Crippen molar-refractivity contribution in [1.29, 1.82) is 0 Å². The van der Waals surface area contributed by atoms with Crippen molar-refractivity contribution < 1.29 is 9.53 Å². The van der Waals surface area contributed by atoms with Crippen LogP contribution in [0.25, 0.3) is 0 Å². The number of hydrogen-bond donors (Lipinski definition) is 0. The number of esters is 1. The van der Waals surface area contributed by atoms with E-state index in [4.69, 9.17) is 39.5 Å². The number of fused-ring (bicyclic) bond motifs is 1. The molecule has 2 atom stereocenters. The quantitative estimate of drug-likeness (QED) is 0.443. The van der Waals surface area contributed by atoms with Gasteiger partial charge in [0, 0.05) is 6.54 Å². The molecule has 90 valence electrons. The maximum atomic E-state index is 11.9. The van der Waals surface area contributed by atoms with E-state index < -0.39 is 15.6 Å². The molecule has 0 bridgehead atoms. The first-order chi connectivity index (χ1) is 7.42. The molecule has 0 aromatic rings. The summed E-state index contributed by atoms with van der Waals surface area (Å²) in [6.07, 6.45) is 3.09. The van der Waals surface area contributed by atoms with Gasteiger partial charge in [0.2, 0.25) is 10.0 Å². The molecule has 2 fully saturated rings. The number of halogens is 3. The van der Waals surface area contributed by atoms with E-state index in [0.717, 1.165) is 12.8 Å². The molecule has 0 aromatic carbocycles. The van der Waals surface area contributed by atoms with E-state index in [-0.39, 0.29) is 5.97 Å². The van der Waals surface area contributed by atoms with Gasteiger partial charge in [-0.2, -0.15) is 0 Å². The molecule has 0 N–H and O–H groups in total. The number of carbonyl (C=O) groups is 1. The van der Waals surface area contributed by atoms with E-state index in [9.17, 15) is 4.79 Å². The molecule has 0 radical (unpaired) electrons. The summed E-state index contributed by atoms with van der Waals surface area (Å²) in [5.74, 6) is -0.304. The van der Waals surface area contributed by atoms with Crippen LogP contribution >= 0.6 is 34.8 Å². The molecule has 0 aromatic heterocycles. The standard InChI is InChI=1S/C10H12Cl3NO2/c1-2-4-9-5-3-6-14(9)7(10(11,12)13)16-8(9)15/h2,7H,1,3-6H2. The number of nitrogens with zero attached hydrogens (tertiary/aromatic N) is 1. The van der Waals surface area contributed by atoms with Gasteiger partial charge in [0.15, 0.2) is 0 Å². The Morgan fingerprint density at radius 3 is 2.88 bits per heavy atom. The first-order valence-electron chi connectivity index (χ1n) is 5.07. The number of hydrogen-bond acceptors (Lipinski definition) is 3. The van der Waals surface area contributed by atoms with Crippen molar-refractivity contribution in [1.82, 2.24) is 4.90 Å². The minimum atomic E-state index is -1.61. The molecule has 2 saturated heterocycles. The van der Waals surface area contributed by atoms with Crippen LogP contribution in [0.1, 0.15) is 19.3 Å². The monoisotopic (exact) mass is 283 g/mol. The summed E-state index contributed by atoms with van der Waals surface area (Å²) in [7, 11) is 0. The first kappa shape index (κ1) is 12.5. The zero-order chi connectivity index (χ0) is 12.0. The molecule has 3 nitrogen and oxygen atoms in total. The third-order valence-corrected chi connectivity index (χ3v) is 3.74. The fourth-order valence-electron chi connectivity index (χ4n) is 2.52. The van der Waals surface area contributed by atoms with Crippen LogP contribution in [0.3, 0.4) is 0 Å². The third kappa shape index (κ3) is 1.74. The number of carbonyl (C=O) groups excluding carboxylic acids is 1. The summed E-state index contributed by atoms with van der Waals surface area (Å²) < 4.78 is 3.58. The lowest BCUT2D eigenvalue weighted by Crippen LogP contribution is -2.48. The summed E-state index contributed by atoms with van der Waals surface area (Å²) in [6.45, 7) is 4.37. The van der Waals surface area contributed by atoms with Crippen molar-refractivity contribution in [2.45, 2.75) is 34.8 Å². The van der Waals surface area contributed by atoms with Crippen molar-refractivity contribution >= 4 is 40.8 Å². The third-order valence-electron chi connectivity index (χ3n) is 3.18. The zero-order valence-corrected chi connectivity index (χ0v) is 10.9. The number of ether oxygens (including phenoxy) is 1. The Labute approximate surface area is 109 Å². The van der Waals surface area contributed by atoms with Gasteiger partial charge in [0.25, 0.3) is 0 Å². The van der Waals surface area contributed by atoms with Crippen LogP contribution in [0.4, 0.5) is 0 Å².